The second-order valence-corrected chi connectivity index (χ2v) is 5.55. The third kappa shape index (κ3) is 3.07. The third-order valence-corrected chi connectivity index (χ3v) is 3.91. The summed E-state index contributed by atoms with van der Waals surface area (Å²) in [4.78, 5) is 28.9. The molecule has 1 aliphatic rings. The average Bonchev–Trinajstić information content (AvgIpc) is 2.78. The van der Waals surface area contributed by atoms with Gasteiger partial charge in [-0.15, -0.1) is 11.3 Å². The van der Waals surface area contributed by atoms with Gasteiger partial charge in [-0.05, 0) is 18.8 Å². The number of hydrogen-bond donors (Lipinski definition) is 1. The van der Waals surface area contributed by atoms with E-state index in [1.807, 2.05) is 0 Å². The van der Waals surface area contributed by atoms with Gasteiger partial charge in [-0.25, -0.2) is 9.78 Å². The van der Waals surface area contributed by atoms with Crippen LogP contribution < -0.4 is 5.32 Å². The lowest BCUT2D eigenvalue weighted by atomic mass is 10.00. The highest BCUT2D eigenvalue weighted by atomic mass is 32.1. The number of carbonyl (C=O) groups excluding carboxylic acids is 2. The standard InChI is InChI=1S/C12H17N3O2S/c1-8-3-5-15(6-4-8)12(17)14-11-13-10(7-18-11)9(2)16/h7-8H,3-6H2,1-2H3,(H,13,14,17). The van der Waals surface area contributed by atoms with Crippen molar-refractivity contribution >= 4 is 28.3 Å². The number of nitrogens with zero attached hydrogens (tertiary/aromatic N) is 2. The van der Waals surface area contributed by atoms with E-state index in [2.05, 4.69) is 17.2 Å². The Kier molecular flexibility index (Phi) is 3.96. The molecular formula is C12H17N3O2S. The van der Waals surface area contributed by atoms with Crippen molar-refractivity contribution in [1.29, 1.82) is 0 Å². The van der Waals surface area contributed by atoms with Gasteiger partial charge in [0.15, 0.2) is 10.9 Å². The zero-order valence-corrected chi connectivity index (χ0v) is 11.4. The first-order valence-corrected chi connectivity index (χ1v) is 6.96. The molecule has 1 N–H and O–H groups in total. The van der Waals surface area contributed by atoms with Crippen LogP contribution in [-0.2, 0) is 0 Å². The number of nitrogens with one attached hydrogen (secondary N) is 1. The third-order valence-electron chi connectivity index (χ3n) is 3.15. The lowest BCUT2D eigenvalue weighted by Crippen LogP contribution is -2.40. The molecule has 6 heteroatoms. The first kappa shape index (κ1) is 13.0. The van der Waals surface area contributed by atoms with Gasteiger partial charge < -0.3 is 4.90 Å². The molecule has 1 saturated heterocycles. The molecule has 0 radical (unpaired) electrons. The number of likely N-dealkylation sites (tertiary alicyclic amines) is 1. The molecule has 18 heavy (non-hydrogen) atoms. The normalized spacial score (nSPS) is 16.7. The smallest absolute Gasteiger partial charge is 0.323 e. The molecule has 98 valence electrons. The van der Waals surface area contributed by atoms with Gasteiger partial charge in [-0.2, -0.15) is 0 Å². The highest BCUT2D eigenvalue weighted by Crippen LogP contribution is 2.19. The fraction of sp³-hybridized carbons (Fsp3) is 0.583. The maximum atomic E-state index is 11.9. The van der Waals surface area contributed by atoms with Crippen molar-refractivity contribution < 1.29 is 9.59 Å². The summed E-state index contributed by atoms with van der Waals surface area (Å²) in [5.41, 5.74) is 0.405. The molecule has 2 rings (SSSR count). The number of carbonyl (C=O) groups is 2. The summed E-state index contributed by atoms with van der Waals surface area (Å²) in [5, 5.41) is 4.90. The number of piperidine rings is 1. The fourth-order valence-electron chi connectivity index (χ4n) is 1.88. The molecule has 0 aliphatic carbocycles. The van der Waals surface area contributed by atoms with Crippen LogP contribution in [0.1, 0.15) is 37.2 Å². The van der Waals surface area contributed by atoms with Crippen molar-refractivity contribution in [1.82, 2.24) is 9.88 Å². The summed E-state index contributed by atoms with van der Waals surface area (Å²) in [6.45, 7) is 5.25. The van der Waals surface area contributed by atoms with E-state index in [9.17, 15) is 9.59 Å². The molecule has 0 unspecified atom stereocenters. The summed E-state index contributed by atoms with van der Waals surface area (Å²) in [7, 11) is 0. The Morgan fingerprint density at radius 3 is 2.67 bits per heavy atom. The number of ketones is 1. The van der Waals surface area contributed by atoms with Crippen molar-refractivity contribution in [3.63, 3.8) is 0 Å². The minimum Gasteiger partial charge on any atom is -0.324 e. The van der Waals surface area contributed by atoms with E-state index in [1.165, 1.54) is 18.3 Å². The summed E-state index contributed by atoms with van der Waals surface area (Å²) in [6.07, 6.45) is 2.09. The van der Waals surface area contributed by atoms with Crippen LogP contribution in [0, 0.1) is 5.92 Å². The Morgan fingerprint density at radius 1 is 1.44 bits per heavy atom. The van der Waals surface area contributed by atoms with Crippen molar-refractivity contribution in [2.75, 3.05) is 18.4 Å². The predicted molar refractivity (Wildman–Crippen MR) is 71.1 cm³/mol. The van der Waals surface area contributed by atoms with Crippen LogP contribution in [0.3, 0.4) is 0 Å². The van der Waals surface area contributed by atoms with Crippen LogP contribution in [-0.4, -0.2) is 34.8 Å². The zero-order chi connectivity index (χ0) is 13.1. The van der Waals surface area contributed by atoms with E-state index in [4.69, 9.17) is 0 Å². The van der Waals surface area contributed by atoms with Gasteiger partial charge in [0.2, 0.25) is 0 Å². The van der Waals surface area contributed by atoms with E-state index in [0.29, 0.717) is 16.7 Å². The Hall–Kier alpha value is -1.43. The topological polar surface area (TPSA) is 62.3 Å². The van der Waals surface area contributed by atoms with Gasteiger partial charge in [0.05, 0.1) is 0 Å². The number of urea groups is 1. The van der Waals surface area contributed by atoms with Crippen molar-refractivity contribution in [3.8, 4) is 0 Å². The lowest BCUT2D eigenvalue weighted by molar-refractivity contribution is 0.101. The first-order valence-electron chi connectivity index (χ1n) is 6.08. The second-order valence-electron chi connectivity index (χ2n) is 4.69. The number of aromatic nitrogens is 1. The molecule has 0 spiro atoms. The molecule has 1 aliphatic heterocycles. The second kappa shape index (κ2) is 5.48. The van der Waals surface area contributed by atoms with E-state index in [1.54, 1.807) is 10.3 Å². The van der Waals surface area contributed by atoms with Crippen LogP contribution in [0.2, 0.25) is 0 Å². The number of rotatable bonds is 2. The van der Waals surface area contributed by atoms with E-state index >= 15 is 0 Å². The van der Waals surface area contributed by atoms with Crippen LogP contribution in [0.4, 0.5) is 9.93 Å². The quantitative estimate of drug-likeness (QED) is 0.838. The summed E-state index contributed by atoms with van der Waals surface area (Å²) >= 11 is 1.28. The molecule has 0 saturated carbocycles. The molecule has 0 aromatic carbocycles. The van der Waals surface area contributed by atoms with Crippen molar-refractivity contribution in [2.24, 2.45) is 5.92 Å². The highest BCUT2D eigenvalue weighted by molar-refractivity contribution is 7.14. The minimum atomic E-state index is -0.119. The molecule has 0 atom stereocenters. The average molecular weight is 267 g/mol. The molecule has 2 amide bonds. The number of Topliss-reactive ketones (excluding diaryl/α,β-unsaturated/α-hetero) is 1. The van der Waals surface area contributed by atoms with Crippen molar-refractivity contribution in [2.45, 2.75) is 26.7 Å². The summed E-state index contributed by atoms with van der Waals surface area (Å²) in [6, 6.07) is -0.119. The van der Waals surface area contributed by atoms with Gasteiger partial charge in [-0.1, -0.05) is 6.92 Å². The molecule has 5 nitrogen and oxygen atoms in total. The van der Waals surface area contributed by atoms with Crippen LogP contribution in [0.5, 0.6) is 0 Å². The number of amides is 2. The van der Waals surface area contributed by atoms with Gasteiger partial charge >= 0.3 is 6.03 Å². The molecule has 1 fully saturated rings. The maximum Gasteiger partial charge on any atom is 0.323 e. The number of thiazole rings is 1. The van der Waals surface area contributed by atoms with Crippen LogP contribution in [0.25, 0.3) is 0 Å². The van der Waals surface area contributed by atoms with Crippen molar-refractivity contribution in [3.05, 3.63) is 11.1 Å². The minimum absolute atomic E-state index is 0.0847. The molecule has 0 bridgehead atoms. The van der Waals surface area contributed by atoms with Gasteiger partial charge in [0, 0.05) is 25.4 Å². The van der Waals surface area contributed by atoms with Crippen LogP contribution in [0.15, 0.2) is 5.38 Å². The van der Waals surface area contributed by atoms with Gasteiger partial charge in [-0.3, -0.25) is 10.1 Å². The summed E-state index contributed by atoms with van der Waals surface area (Å²) in [5.74, 6) is 0.608. The van der Waals surface area contributed by atoms with Gasteiger partial charge in [0.25, 0.3) is 0 Å². The summed E-state index contributed by atoms with van der Waals surface area (Å²) < 4.78 is 0. The number of anilines is 1. The highest BCUT2D eigenvalue weighted by Gasteiger charge is 2.21. The van der Waals surface area contributed by atoms with E-state index in [-0.39, 0.29) is 11.8 Å². The molecule has 1 aromatic rings. The zero-order valence-electron chi connectivity index (χ0n) is 10.6. The Balaban J connectivity index is 1.92. The Bertz CT molecular complexity index is 450. The first-order chi connectivity index (χ1) is 8.56. The maximum absolute atomic E-state index is 11.9. The monoisotopic (exact) mass is 267 g/mol. The lowest BCUT2D eigenvalue weighted by Gasteiger charge is -2.29. The number of hydrogen-bond acceptors (Lipinski definition) is 4. The van der Waals surface area contributed by atoms with E-state index < -0.39 is 0 Å². The van der Waals surface area contributed by atoms with Gasteiger partial charge in [0.1, 0.15) is 5.69 Å². The molecular weight excluding hydrogens is 250 g/mol. The largest absolute Gasteiger partial charge is 0.324 e. The Labute approximate surface area is 110 Å². The molecule has 1 aromatic heterocycles. The SMILES string of the molecule is CC(=O)c1csc(NC(=O)N2CCC(C)CC2)n1. The fourth-order valence-corrected chi connectivity index (χ4v) is 2.61. The van der Waals surface area contributed by atoms with Crippen LogP contribution >= 0.6 is 11.3 Å². The Morgan fingerprint density at radius 2 is 2.11 bits per heavy atom. The predicted octanol–water partition coefficient (Wildman–Crippen LogP) is 2.61. The van der Waals surface area contributed by atoms with E-state index in [0.717, 1.165) is 25.9 Å². The molecule has 2 heterocycles.